The van der Waals surface area contributed by atoms with E-state index in [-0.39, 0.29) is 0 Å². The fourth-order valence-electron chi connectivity index (χ4n) is 2.23. The van der Waals surface area contributed by atoms with Crippen molar-refractivity contribution >= 4 is 5.95 Å². The van der Waals surface area contributed by atoms with E-state index in [4.69, 9.17) is 0 Å². The van der Waals surface area contributed by atoms with Crippen molar-refractivity contribution in [3.63, 3.8) is 0 Å². The molecule has 0 bridgehead atoms. The highest BCUT2D eigenvalue weighted by Crippen LogP contribution is 2.08. The largest absolute Gasteiger partial charge is 0.354 e. The summed E-state index contributed by atoms with van der Waals surface area (Å²) in [6.45, 7) is 7.91. The Morgan fingerprint density at radius 2 is 2.12 bits per heavy atom. The van der Waals surface area contributed by atoms with E-state index >= 15 is 0 Å². The van der Waals surface area contributed by atoms with Crippen LogP contribution in [0.15, 0.2) is 12.4 Å². The highest BCUT2D eigenvalue weighted by Gasteiger charge is 2.10. The number of aromatic nitrogens is 2. The number of imidazole rings is 1. The lowest BCUT2D eigenvalue weighted by Crippen LogP contribution is -2.26. The van der Waals surface area contributed by atoms with E-state index in [0.29, 0.717) is 0 Å². The molecule has 0 aliphatic carbocycles. The van der Waals surface area contributed by atoms with Gasteiger partial charge in [0.25, 0.3) is 0 Å². The molecule has 1 aliphatic rings. The van der Waals surface area contributed by atoms with Gasteiger partial charge in [-0.25, -0.2) is 4.98 Å². The first kappa shape index (κ1) is 11.5. The van der Waals surface area contributed by atoms with Gasteiger partial charge in [0.05, 0.1) is 0 Å². The quantitative estimate of drug-likeness (QED) is 0.796. The molecule has 0 unspecified atom stereocenters. The molecule has 0 spiro atoms. The lowest BCUT2D eigenvalue weighted by atomic mass is 10.4. The molecule has 0 amide bonds. The molecule has 90 valence electrons. The maximum atomic E-state index is 4.33. The smallest absolute Gasteiger partial charge is 0.202 e. The predicted molar refractivity (Wildman–Crippen MR) is 66.7 cm³/mol. The molecule has 0 saturated carbocycles. The molecule has 1 aliphatic heterocycles. The van der Waals surface area contributed by atoms with Crippen molar-refractivity contribution in [2.75, 3.05) is 31.5 Å². The summed E-state index contributed by atoms with van der Waals surface area (Å²) in [6, 6.07) is 0. The second-order valence-corrected chi connectivity index (χ2v) is 4.42. The van der Waals surface area contributed by atoms with Crippen LogP contribution in [0, 0.1) is 0 Å². The van der Waals surface area contributed by atoms with E-state index in [2.05, 4.69) is 26.7 Å². The maximum Gasteiger partial charge on any atom is 0.202 e. The Kier molecular flexibility index (Phi) is 4.22. The second kappa shape index (κ2) is 5.89. The van der Waals surface area contributed by atoms with Gasteiger partial charge in [0.1, 0.15) is 0 Å². The zero-order chi connectivity index (χ0) is 11.2. The van der Waals surface area contributed by atoms with Gasteiger partial charge in [0.2, 0.25) is 5.95 Å². The van der Waals surface area contributed by atoms with Crippen molar-refractivity contribution in [2.24, 2.45) is 0 Å². The molecule has 1 aromatic heterocycles. The van der Waals surface area contributed by atoms with Crippen LogP contribution in [0.3, 0.4) is 0 Å². The summed E-state index contributed by atoms with van der Waals surface area (Å²) in [5, 5.41) is 3.42. The van der Waals surface area contributed by atoms with Gasteiger partial charge < -0.3 is 14.8 Å². The van der Waals surface area contributed by atoms with Gasteiger partial charge in [0, 0.05) is 32.0 Å². The molecule has 4 heteroatoms. The fraction of sp³-hybridized carbons (Fsp3) is 0.750. The molecule has 0 radical (unpaired) electrons. The number of likely N-dealkylation sites (tertiary alicyclic amines) is 1. The third kappa shape index (κ3) is 2.98. The molecule has 0 aromatic carbocycles. The van der Waals surface area contributed by atoms with Crippen LogP contribution in [0.2, 0.25) is 0 Å². The van der Waals surface area contributed by atoms with E-state index in [1.165, 1.54) is 25.9 Å². The van der Waals surface area contributed by atoms with Crippen molar-refractivity contribution in [1.29, 1.82) is 0 Å². The summed E-state index contributed by atoms with van der Waals surface area (Å²) < 4.78 is 2.18. The van der Waals surface area contributed by atoms with Gasteiger partial charge in [-0.2, -0.15) is 0 Å². The molecule has 4 nitrogen and oxygen atoms in total. The minimum atomic E-state index is 1.00. The number of hydrogen-bond acceptors (Lipinski definition) is 3. The van der Waals surface area contributed by atoms with Crippen molar-refractivity contribution in [2.45, 2.75) is 32.7 Å². The Morgan fingerprint density at radius 1 is 1.31 bits per heavy atom. The maximum absolute atomic E-state index is 4.33. The monoisotopic (exact) mass is 222 g/mol. The molecular formula is C12H22N4. The van der Waals surface area contributed by atoms with Crippen molar-refractivity contribution in [1.82, 2.24) is 14.5 Å². The first-order chi connectivity index (χ1) is 7.90. The van der Waals surface area contributed by atoms with Gasteiger partial charge in [-0.05, 0) is 32.4 Å². The number of rotatable bonds is 6. The Hall–Kier alpha value is -1.03. The van der Waals surface area contributed by atoms with E-state index in [0.717, 1.165) is 32.0 Å². The Labute approximate surface area is 97.7 Å². The van der Waals surface area contributed by atoms with Crippen molar-refractivity contribution in [3.8, 4) is 0 Å². The fourth-order valence-corrected chi connectivity index (χ4v) is 2.23. The zero-order valence-corrected chi connectivity index (χ0v) is 10.2. The van der Waals surface area contributed by atoms with Gasteiger partial charge >= 0.3 is 0 Å². The van der Waals surface area contributed by atoms with Crippen molar-refractivity contribution in [3.05, 3.63) is 12.4 Å². The third-order valence-electron chi connectivity index (χ3n) is 3.09. The average molecular weight is 222 g/mol. The van der Waals surface area contributed by atoms with Crippen LogP contribution < -0.4 is 5.32 Å². The normalized spacial score (nSPS) is 16.8. The molecule has 0 atom stereocenters. The van der Waals surface area contributed by atoms with E-state index in [1.54, 1.807) is 0 Å². The lowest BCUT2D eigenvalue weighted by Gasteiger charge is -2.15. The van der Waals surface area contributed by atoms with Gasteiger partial charge in [-0.3, -0.25) is 0 Å². The lowest BCUT2D eigenvalue weighted by molar-refractivity contribution is 0.352. The SMILES string of the molecule is CCCn1ccnc1NCCN1CCCC1. The van der Waals surface area contributed by atoms with Crippen LogP contribution in [-0.2, 0) is 6.54 Å². The van der Waals surface area contributed by atoms with Crippen LogP contribution in [0.5, 0.6) is 0 Å². The molecule has 1 fully saturated rings. The molecule has 2 heterocycles. The summed E-state index contributed by atoms with van der Waals surface area (Å²) >= 11 is 0. The average Bonchev–Trinajstić information content (AvgIpc) is 2.91. The van der Waals surface area contributed by atoms with E-state index < -0.39 is 0 Å². The highest BCUT2D eigenvalue weighted by molar-refractivity contribution is 5.25. The summed E-state index contributed by atoms with van der Waals surface area (Å²) in [5.41, 5.74) is 0. The molecule has 16 heavy (non-hydrogen) atoms. The van der Waals surface area contributed by atoms with Crippen LogP contribution >= 0.6 is 0 Å². The summed E-state index contributed by atoms with van der Waals surface area (Å²) in [6.07, 6.45) is 7.79. The topological polar surface area (TPSA) is 33.1 Å². The van der Waals surface area contributed by atoms with Gasteiger partial charge in [-0.1, -0.05) is 6.92 Å². The summed E-state index contributed by atoms with van der Waals surface area (Å²) in [4.78, 5) is 6.85. The third-order valence-corrected chi connectivity index (χ3v) is 3.09. The van der Waals surface area contributed by atoms with E-state index in [1.807, 2.05) is 12.4 Å². The van der Waals surface area contributed by atoms with Crippen molar-refractivity contribution < 1.29 is 0 Å². The second-order valence-electron chi connectivity index (χ2n) is 4.42. The molecular weight excluding hydrogens is 200 g/mol. The molecule has 1 saturated heterocycles. The van der Waals surface area contributed by atoms with E-state index in [9.17, 15) is 0 Å². The van der Waals surface area contributed by atoms with Crippen LogP contribution in [0.1, 0.15) is 26.2 Å². The molecule has 1 aromatic rings. The molecule has 2 rings (SSSR count). The van der Waals surface area contributed by atoms with Gasteiger partial charge in [-0.15, -0.1) is 0 Å². The Morgan fingerprint density at radius 3 is 2.88 bits per heavy atom. The van der Waals surface area contributed by atoms with Crippen LogP contribution in [0.25, 0.3) is 0 Å². The van der Waals surface area contributed by atoms with Gasteiger partial charge in [0.15, 0.2) is 0 Å². The molecule has 1 N–H and O–H groups in total. The minimum absolute atomic E-state index is 1.00. The standard InChI is InChI=1S/C12H22N4/c1-2-7-16-11-6-14-12(16)13-5-10-15-8-3-4-9-15/h6,11H,2-5,7-10H2,1H3,(H,13,14). The number of nitrogens with zero attached hydrogens (tertiary/aromatic N) is 3. The summed E-state index contributed by atoms with van der Waals surface area (Å²) in [5.74, 6) is 1.01. The Balaban J connectivity index is 1.73. The highest BCUT2D eigenvalue weighted by atomic mass is 15.2. The number of hydrogen-bond donors (Lipinski definition) is 1. The van der Waals surface area contributed by atoms with Crippen LogP contribution in [-0.4, -0.2) is 40.6 Å². The minimum Gasteiger partial charge on any atom is -0.354 e. The van der Waals surface area contributed by atoms with Crippen LogP contribution in [0.4, 0.5) is 5.95 Å². The first-order valence-electron chi connectivity index (χ1n) is 6.37. The number of nitrogens with one attached hydrogen (secondary N) is 1. The first-order valence-corrected chi connectivity index (χ1v) is 6.37. The zero-order valence-electron chi connectivity index (χ0n) is 10.2. The summed E-state index contributed by atoms with van der Waals surface area (Å²) in [7, 11) is 0. The number of aryl methyl sites for hydroxylation is 1. The number of anilines is 1. The Bertz CT molecular complexity index is 302. The predicted octanol–water partition coefficient (Wildman–Crippen LogP) is 1.80.